The highest BCUT2D eigenvalue weighted by Crippen LogP contribution is 2.46. The highest BCUT2D eigenvalue weighted by atomic mass is 32.2. The minimum Gasteiger partial charge on any atom is -0.353 e. The van der Waals surface area contributed by atoms with Crippen molar-refractivity contribution >= 4 is 15.8 Å². The van der Waals surface area contributed by atoms with Gasteiger partial charge < -0.3 is 4.90 Å². The molecule has 3 heterocycles. The Bertz CT molecular complexity index is 800. The van der Waals surface area contributed by atoms with E-state index in [1.54, 1.807) is 22.6 Å². The molecule has 7 heteroatoms. The topological polar surface area (TPSA) is 56.8 Å². The predicted molar refractivity (Wildman–Crippen MR) is 110 cm³/mol. The molecule has 0 spiro atoms. The van der Waals surface area contributed by atoms with E-state index in [0.717, 1.165) is 63.3 Å². The van der Waals surface area contributed by atoms with Gasteiger partial charge in [0.15, 0.2) is 0 Å². The van der Waals surface area contributed by atoms with E-state index in [1.165, 1.54) is 25.7 Å². The van der Waals surface area contributed by atoms with Crippen LogP contribution < -0.4 is 4.90 Å². The Labute approximate surface area is 169 Å². The summed E-state index contributed by atoms with van der Waals surface area (Å²) in [4.78, 5) is 9.78. The third kappa shape index (κ3) is 3.35. The largest absolute Gasteiger partial charge is 0.353 e. The fourth-order valence-electron chi connectivity index (χ4n) is 5.99. The van der Waals surface area contributed by atoms with Gasteiger partial charge in [-0.05, 0) is 56.1 Å². The molecule has 4 aliphatic rings. The Morgan fingerprint density at radius 1 is 0.929 bits per heavy atom. The first-order valence-electron chi connectivity index (χ1n) is 11.1. The molecule has 0 amide bonds. The number of sulfonamides is 1. The Balaban J connectivity index is 1.31. The van der Waals surface area contributed by atoms with E-state index >= 15 is 0 Å². The number of anilines is 1. The van der Waals surface area contributed by atoms with Crippen LogP contribution in [0.1, 0.15) is 44.9 Å². The minimum absolute atomic E-state index is 0.394. The highest BCUT2D eigenvalue weighted by Gasteiger charge is 2.43. The lowest BCUT2D eigenvalue weighted by Gasteiger charge is -2.41. The highest BCUT2D eigenvalue weighted by molar-refractivity contribution is 7.89. The van der Waals surface area contributed by atoms with Gasteiger partial charge in [-0.2, -0.15) is 4.31 Å². The molecule has 0 N–H and O–H groups in total. The van der Waals surface area contributed by atoms with Gasteiger partial charge in [0.05, 0.1) is 0 Å². The maximum absolute atomic E-state index is 13.3. The Hall–Kier alpha value is -1.18. The van der Waals surface area contributed by atoms with E-state index in [9.17, 15) is 8.42 Å². The van der Waals surface area contributed by atoms with Gasteiger partial charge in [-0.15, -0.1) is 0 Å². The minimum atomic E-state index is -3.46. The van der Waals surface area contributed by atoms with E-state index in [0.29, 0.717) is 23.8 Å². The zero-order valence-electron chi connectivity index (χ0n) is 16.7. The number of piperidine rings is 1. The van der Waals surface area contributed by atoms with Crippen molar-refractivity contribution in [2.24, 2.45) is 11.8 Å². The Morgan fingerprint density at radius 2 is 1.71 bits per heavy atom. The lowest BCUT2D eigenvalue weighted by Crippen LogP contribution is -2.52. The van der Waals surface area contributed by atoms with E-state index in [2.05, 4.69) is 14.8 Å². The number of hydrogen-bond donors (Lipinski definition) is 0. The van der Waals surface area contributed by atoms with Crippen LogP contribution in [0, 0.1) is 11.8 Å². The first-order valence-corrected chi connectivity index (χ1v) is 12.5. The number of aromatic nitrogens is 1. The predicted octanol–water partition coefficient (Wildman–Crippen LogP) is 2.57. The van der Waals surface area contributed by atoms with Crippen LogP contribution in [0.4, 0.5) is 5.82 Å². The van der Waals surface area contributed by atoms with Crippen molar-refractivity contribution in [3.63, 3.8) is 0 Å². The van der Waals surface area contributed by atoms with Gasteiger partial charge in [0, 0.05) is 51.5 Å². The average Bonchev–Trinajstić information content (AvgIpc) is 3.38. The molecule has 28 heavy (non-hydrogen) atoms. The van der Waals surface area contributed by atoms with Crippen molar-refractivity contribution in [3.05, 3.63) is 18.3 Å². The SMILES string of the molecule is O=S(=O)(c1cccnc1N1CCN(C2CC3CCC2C3)CC1)N1CCCCC1. The van der Waals surface area contributed by atoms with Crippen molar-refractivity contribution in [2.45, 2.75) is 55.9 Å². The number of piperazine rings is 1. The Kier molecular flexibility index (Phi) is 5.09. The number of hydrogen-bond acceptors (Lipinski definition) is 5. The zero-order chi connectivity index (χ0) is 19.1. The molecular weight excluding hydrogens is 372 g/mol. The number of nitrogens with zero attached hydrogens (tertiary/aromatic N) is 4. The Morgan fingerprint density at radius 3 is 2.39 bits per heavy atom. The third-order valence-corrected chi connectivity index (χ3v) is 9.39. The molecule has 1 aromatic rings. The normalized spacial score (nSPS) is 32.1. The van der Waals surface area contributed by atoms with Crippen molar-refractivity contribution < 1.29 is 8.42 Å². The van der Waals surface area contributed by atoms with E-state index in [1.807, 2.05) is 0 Å². The van der Waals surface area contributed by atoms with Gasteiger partial charge in [-0.25, -0.2) is 13.4 Å². The van der Waals surface area contributed by atoms with Crippen LogP contribution in [-0.2, 0) is 10.0 Å². The van der Waals surface area contributed by atoms with Crippen LogP contribution in [0.25, 0.3) is 0 Å². The van der Waals surface area contributed by atoms with Gasteiger partial charge >= 0.3 is 0 Å². The second kappa shape index (κ2) is 7.58. The molecule has 3 atom stereocenters. The third-order valence-electron chi connectivity index (χ3n) is 7.47. The van der Waals surface area contributed by atoms with Gasteiger partial charge in [-0.1, -0.05) is 12.8 Å². The summed E-state index contributed by atoms with van der Waals surface area (Å²) >= 11 is 0. The molecule has 2 aliphatic heterocycles. The van der Waals surface area contributed by atoms with Crippen LogP contribution in [0.5, 0.6) is 0 Å². The van der Waals surface area contributed by atoms with Crippen LogP contribution >= 0.6 is 0 Å². The molecule has 2 saturated carbocycles. The van der Waals surface area contributed by atoms with Gasteiger partial charge in [0.1, 0.15) is 10.7 Å². The van der Waals surface area contributed by atoms with Crippen molar-refractivity contribution in [1.29, 1.82) is 0 Å². The van der Waals surface area contributed by atoms with Crippen molar-refractivity contribution in [1.82, 2.24) is 14.2 Å². The van der Waals surface area contributed by atoms with Crippen molar-refractivity contribution in [2.75, 3.05) is 44.2 Å². The number of pyridine rings is 1. The maximum atomic E-state index is 13.3. The molecule has 4 fully saturated rings. The second-order valence-electron chi connectivity index (χ2n) is 9.06. The van der Waals surface area contributed by atoms with Crippen LogP contribution in [0.2, 0.25) is 0 Å². The van der Waals surface area contributed by atoms with Crippen LogP contribution in [0.15, 0.2) is 23.2 Å². The quantitative estimate of drug-likeness (QED) is 0.772. The summed E-state index contributed by atoms with van der Waals surface area (Å²) in [6, 6.07) is 4.27. The fourth-order valence-corrected chi connectivity index (χ4v) is 7.67. The van der Waals surface area contributed by atoms with Gasteiger partial charge in [-0.3, -0.25) is 4.90 Å². The second-order valence-corrected chi connectivity index (χ2v) is 11.0. The first-order chi connectivity index (χ1) is 13.6. The fraction of sp³-hybridized carbons (Fsp3) is 0.762. The van der Waals surface area contributed by atoms with Gasteiger partial charge in [0.25, 0.3) is 0 Å². The number of rotatable bonds is 4. The molecule has 5 rings (SSSR count). The summed E-state index contributed by atoms with van der Waals surface area (Å²) < 4.78 is 28.2. The summed E-state index contributed by atoms with van der Waals surface area (Å²) in [6.07, 6.45) is 10.4. The molecule has 6 nitrogen and oxygen atoms in total. The molecule has 2 bridgehead atoms. The maximum Gasteiger partial charge on any atom is 0.246 e. The summed E-state index contributed by atoms with van der Waals surface area (Å²) in [5.41, 5.74) is 0. The summed E-state index contributed by atoms with van der Waals surface area (Å²) in [7, 11) is -3.46. The monoisotopic (exact) mass is 404 g/mol. The molecule has 154 valence electrons. The molecule has 0 radical (unpaired) electrons. The van der Waals surface area contributed by atoms with Crippen molar-refractivity contribution in [3.8, 4) is 0 Å². The van der Waals surface area contributed by atoms with E-state index in [4.69, 9.17) is 0 Å². The average molecular weight is 405 g/mol. The molecule has 1 aromatic heterocycles. The molecule has 2 saturated heterocycles. The molecule has 0 aromatic carbocycles. The summed E-state index contributed by atoms with van der Waals surface area (Å²) in [5, 5.41) is 0. The molecule has 3 unspecified atom stereocenters. The lowest BCUT2D eigenvalue weighted by molar-refractivity contribution is 0.134. The zero-order valence-corrected chi connectivity index (χ0v) is 17.5. The lowest BCUT2D eigenvalue weighted by atomic mass is 9.93. The summed E-state index contributed by atoms with van der Waals surface area (Å²) in [5.74, 6) is 2.52. The molecular formula is C21H32N4O2S. The van der Waals surface area contributed by atoms with Crippen LogP contribution in [0.3, 0.4) is 0 Å². The standard InChI is InChI=1S/C21H32N4O2S/c26-28(27,25-9-2-1-3-10-25)20-5-4-8-22-21(20)24-13-11-23(12-14-24)19-16-17-6-7-18(19)15-17/h4-5,8,17-19H,1-3,6-7,9-16H2. The summed E-state index contributed by atoms with van der Waals surface area (Å²) in [6.45, 7) is 5.05. The van der Waals surface area contributed by atoms with Crippen LogP contribution in [-0.4, -0.2) is 67.9 Å². The van der Waals surface area contributed by atoms with E-state index in [-0.39, 0.29) is 0 Å². The smallest absolute Gasteiger partial charge is 0.246 e. The first kappa shape index (κ1) is 18.8. The molecule has 2 aliphatic carbocycles. The number of fused-ring (bicyclic) bond motifs is 2. The van der Waals surface area contributed by atoms with Gasteiger partial charge in [0.2, 0.25) is 10.0 Å². The van der Waals surface area contributed by atoms with E-state index < -0.39 is 10.0 Å².